The zero-order chi connectivity index (χ0) is 16.1. The smallest absolute Gasteiger partial charge is 0.240 e. The van der Waals surface area contributed by atoms with Crippen molar-refractivity contribution >= 4 is 28.1 Å². The van der Waals surface area contributed by atoms with Crippen LogP contribution in [0.4, 0.5) is 10.8 Å². The van der Waals surface area contributed by atoms with Crippen LogP contribution in [-0.4, -0.2) is 53.7 Å². The molecule has 1 aromatic carbocycles. The van der Waals surface area contributed by atoms with E-state index in [0.717, 1.165) is 31.9 Å². The van der Waals surface area contributed by atoms with Crippen molar-refractivity contribution in [2.24, 2.45) is 0 Å². The average Bonchev–Trinajstić information content (AvgIpc) is 3.08. The van der Waals surface area contributed by atoms with Crippen molar-refractivity contribution in [1.82, 2.24) is 15.1 Å². The summed E-state index contributed by atoms with van der Waals surface area (Å²) in [5.74, 6) is -0.0615. The molecule has 1 fully saturated rings. The van der Waals surface area contributed by atoms with Crippen LogP contribution in [0.15, 0.2) is 29.8 Å². The number of piperazine rings is 1. The maximum Gasteiger partial charge on any atom is 0.240 e. The van der Waals surface area contributed by atoms with E-state index in [0.29, 0.717) is 17.2 Å². The molecular formula is C15H16N6OS. The third-order valence-electron chi connectivity index (χ3n) is 3.71. The highest BCUT2D eigenvalue weighted by atomic mass is 32.1. The van der Waals surface area contributed by atoms with E-state index in [1.165, 1.54) is 11.3 Å². The van der Waals surface area contributed by atoms with Crippen LogP contribution in [0, 0.1) is 11.3 Å². The van der Waals surface area contributed by atoms with E-state index in [1.54, 1.807) is 5.51 Å². The first-order chi connectivity index (χ1) is 11.2. The Labute approximate surface area is 138 Å². The summed E-state index contributed by atoms with van der Waals surface area (Å²) in [5.41, 5.74) is 3.37. The fraction of sp³-hybridized carbons (Fsp3) is 0.333. The normalized spacial score (nSPS) is 15.2. The molecule has 0 radical (unpaired) electrons. The number of nitrogens with one attached hydrogen (secondary N) is 1. The number of anilines is 2. The van der Waals surface area contributed by atoms with Crippen molar-refractivity contribution in [2.45, 2.75) is 0 Å². The van der Waals surface area contributed by atoms with E-state index >= 15 is 0 Å². The summed E-state index contributed by atoms with van der Waals surface area (Å²) >= 11 is 1.31. The zero-order valence-corrected chi connectivity index (χ0v) is 13.3. The first kappa shape index (κ1) is 15.4. The highest BCUT2D eigenvalue weighted by Gasteiger charge is 2.19. The Bertz CT molecular complexity index is 686. The number of nitriles is 1. The number of hydrogen-bond acceptors (Lipinski definition) is 7. The molecule has 1 amide bonds. The van der Waals surface area contributed by atoms with Gasteiger partial charge in [0.2, 0.25) is 11.0 Å². The molecular weight excluding hydrogens is 312 g/mol. The van der Waals surface area contributed by atoms with E-state index in [-0.39, 0.29) is 5.91 Å². The van der Waals surface area contributed by atoms with Gasteiger partial charge in [-0.15, -0.1) is 10.2 Å². The quantitative estimate of drug-likeness (QED) is 0.907. The van der Waals surface area contributed by atoms with Gasteiger partial charge >= 0.3 is 0 Å². The molecule has 23 heavy (non-hydrogen) atoms. The van der Waals surface area contributed by atoms with Crippen LogP contribution in [-0.2, 0) is 4.79 Å². The average molecular weight is 328 g/mol. The van der Waals surface area contributed by atoms with Gasteiger partial charge in [0, 0.05) is 31.9 Å². The van der Waals surface area contributed by atoms with Gasteiger partial charge in [-0.25, -0.2) is 0 Å². The molecule has 2 heterocycles. The predicted octanol–water partition coefficient (Wildman–Crippen LogP) is 1.17. The Morgan fingerprint density at radius 2 is 2.00 bits per heavy atom. The fourth-order valence-electron chi connectivity index (χ4n) is 2.50. The van der Waals surface area contributed by atoms with Gasteiger partial charge in [0.05, 0.1) is 18.2 Å². The third kappa shape index (κ3) is 4.03. The summed E-state index contributed by atoms with van der Waals surface area (Å²) in [4.78, 5) is 16.3. The minimum Gasteiger partial charge on any atom is -0.369 e. The molecule has 8 heteroatoms. The Balaban J connectivity index is 1.48. The van der Waals surface area contributed by atoms with Crippen LogP contribution in [0.5, 0.6) is 0 Å². The summed E-state index contributed by atoms with van der Waals surface area (Å²) in [5, 5.41) is 19.6. The number of nitrogens with zero attached hydrogens (tertiary/aromatic N) is 5. The molecule has 0 atom stereocenters. The van der Waals surface area contributed by atoms with Crippen LogP contribution < -0.4 is 10.2 Å². The van der Waals surface area contributed by atoms with Crippen LogP contribution in [0.1, 0.15) is 5.56 Å². The van der Waals surface area contributed by atoms with E-state index < -0.39 is 0 Å². The van der Waals surface area contributed by atoms with Crippen LogP contribution in [0.2, 0.25) is 0 Å². The van der Waals surface area contributed by atoms with Gasteiger partial charge in [0.25, 0.3) is 0 Å². The summed E-state index contributed by atoms with van der Waals surface area (Å²) in [6.07, 6.45) is 0. The van der Waals surface area contributed by atoms with Gasteiger partial charge in [-0.2, -0.15) is 5.26 Å². The Morgan fingerprint density at radius 3 is 2.61 bits per heavy atom. The van der Waals surface area contributed by atoms with Gasteiger partial charge in [-0.05, 0) is 24.3 Å². The predicted molar refractivity (Wildman–Crippen MR) is 88.3 cm³/mol. The summed E-state index contributed by atoms with van der Waals surface area (Å²) in [6.45, 7) is 3.73. The molecule has 1 saturated heterocycles. The molecule has 1 N–H and O–H groups in total. The maximum atomic E-state index is 11.9. The van der Waals surface area contributed by atoms with Gasteiger partial charge in [0.1, 0.15) is 5.51 Å². The second-order valence-corrected chi connectivity index (χ2v) is 6.05. The summed E-state index contributed by atoms with van der Waals surface area (Å²) < 4.78 is 0. The van der Waals surface area contributed by atoms with Crippen LogP contribution in [0.25, 0.3) is 0 Å². The second kappa shape index (κ2) is 7.17. The third-order valence-corrected chi connectivity index (χ3v) is 4.31. The van der Waals surface area contributed by atoms with Crippen molar-refractivity contribution in [3.63, 3.8) is 0 Å². The molecule has 7 nitrogen and oxygen atoms in total. The highest BCUT2D eigenvalue weighted by Crippen LogP contribution is 2.17. The summed E-state index contributed by atoms with van der Waals surface area (Å²) in [7, 11) is 0. The van der Waals surface area contributed by atoms with Crippen molar-refractivity contribution in [1.29, 1.82) is 5.26 Å². The largest absolute Gasteiger partial charge is 0.369 e. The molecule has 0 unspecified atom stereocenters. The van der Waals surface area contributed by atoms with Crippen LogP contribution in [0.3, 0.4) is 0 Å². The lowest BCUT2D eigenvalue weighted by Crippen LogP contribution is -2.48. The lowest BCUT2D eigenvalue weighted by Gasteiger charge is -2.35. The summed E-state index contributed by atoms with van der Waals surface area (Å²) in [6, 6.07) is 9.72. The minimum absolute atomic E-state index is 0.0615. The van der Waals surface area contributed by atoms with Crippen LogP contribution >= 0.6 is 11.3 Å². The molecule has 0 spiro atoms. The first-order valence-electron chi connectivity index (χ1n) is 7.28. The standard InChI is InChI=1S/C15H16N6OS/c16-9-12-1-3-13(4-2-12)21-7-5-20(6-8-21)10-14(22)18-15-19-17-11-23-15/h1-4,11H,5-8,10H2,(H,18,19,22). The Hall–Kier alpha value is -2.50. The minimum atomic E-state index is -0.0615. The number of hydrogen-bond donors (Lipinski definition) is 1. The highest BCUT2D eigenvalue weighted by molar-refractivity contribution is 7.13. The van der Waals surface area contributed by atoms with E-state index in [4.69, 9.17) is 5.26 Å². The Morgan fingerprint density at radius 1 is 1.26 bits per heavy atom. The molecule has 0 bridgehead atoms. The maximum absolute atomic E-state index is 11.9. The van der Waals surface area contributed by atoms with Crippen molar-refractivity contribution in [3.05, 3.63) is 35.3 Å². The zero-order valence-electron chi connectivity index (χ0n) is 12.5. The van der Waals surface area contributed by atoms with Crippen molar-refractivity contribution < 1.29 is 4.79 Å². The number of benzene rings is 1. The van der Waals surface area contributed by atoms with Gasteiger partial charge in [-0.1, -0.05) is 11.3 Å². The molecule has 0 saturated carbocycles. The second-order valence-electron chi connectivity index (χ2n) is 5.21. The fourth-order valence-corrected chi connectivity index (χ4v) is 2.96. The number of carbonyl (C=O) groups is 1. The monoisotopic (exact) mass is 328 g/mol. The lowest BCUT2D eigenvalue weighted by molar-refractivity contribution is -0.117. The lowest BCUT2D eigenvalue weighted by atomic mass is 10.2. The number of carbonyl (C=O) groups excluding carboxylic acids is 1. The van der Waals surface area contributed by atoms with E-state index in [9.17, 15) is 4.79 Å². The van der Waals surface area contributed by atoms with Crippen molar-refractivity contribution in [3.8, 4) is 6.07 Å². The number of amides is 1. The molecule has 1 aromatic heterocycles. The molecule has 118 valence electrons. The van der Waals surface area contributed by atoms with E-state index in [2.05, 4.69) is 31.4 Å². The molecule has 3 rings (SSSR count). The SMILES string of the molecule is N#Cc1ccc(N2CCN(CC(=O)Nc3nncs3)CC2)cc1. The number of rotatable bonds is 4. The molecule has 2 aromatic rings. The molecule has 1 aliphatic heterocycles. The van der Waals surface area contributed by atoms with Crippen molar-refractivity contribution in [2.75, 3.05) is 42.9 Å². The van der Waals surface area contributed by atoms with E-state index in [1.807, 2.05) is 24.3 Å². The van der Waals surface area contributed by atoms with Gasteiger partial charge in [-0.3, -0.25) is 15.0 Å². The van der Waals surface area contributed by atoms with Gasteiger partial charge in [0.15, 0.2) is 0 Å². The topological polar surface area (TPSA) is 85.2 Å². The Kier molecular flexibility index (Phi) is 4.80. The van der Waals surface area contributed by atoms with Gasteiger partial charge < -0.3 is 4.90 Å². The molecule has 1 aliphatic rings. The molecule has 0 aliphatic carbocycles. The number of aromatic nitrogens is 2. The first-order valence-corrected chi connectivity index (χ1v) is 8.16.